The summed E-state index contributed by atoms with van der Waals surface area (Å²) in [4.78, 5) is 12.7. The van der Waals surface area contributed by atoms with Gasteiger partial charge in [0.15, 0.2) is 5.69 Å². The van der Waals surface area contributed by atoms with Gasteiger partial charge in [0, 0.05) is 18.3 Å². The van der Waals surface area contributed by atoms with Crippen molar-refractivity contribution < 1.29 is 14.1 Å². The highest BCUT2D eigenvalue weighted by Crippen LogP contribution is 2.20. The van der Waals surface area contributed by atoms with Crippen LogP contribution in [0.2, 0.25) is 0 Å². The zero-order chi connectivity index (χ0) is 18.7. The fourth-order valence-corrected chi connectivity index (χ4v) is 2.70. The Balaban J connectivity index is 1.72. The van der Waals surface area contributed by atoms with Crippen molar-refractivity contribution in [3.63, 3.8) is 0 Å². The van der Waals surface area contributed by atoms with Crippen molar-refractivity contribution in [2.45, 2.75) is 33.4 Å². The molecule has 1 unspecified atom stereocenters. The monoisotopic (exact) mass is 354 g/mol. The molecule has 1 amide bonds. The van der Waals surface area contributed by atoms with Gasteiger partial charge < -0.3 is 14.6 Å². The van der Waals surface area contributed by atoms with Gasteiger partial charge in [0.1, 0.15) is 18.1 Å². The van der Waals surface area contributed by atoms with Crippen molar-refractivity contribution in [2.24, 2.45) is 7.05 Å². The molecule has 26 heavy (non-hydrogen) atoms. The summed E-state index contributed by atoms with van der Waals surface area (Å²) >= 11 is 0. The first kappa shape index (κ1) is 17.7. The number of carbonyl (C=O) groups excluding carboxylic acids is 1. The van der Waals surface area contributed by atoms with Crippen LogP contribution in [-0.2, 0) is 13.7 Å². The Bertz CT molecular complexity index is 899. The van der Waals surface area contributed by atoms with E-state index < -0.39 is 0 Å². The third-order valence-corrected chi connectivity index (χ3v) is 4.41. The van der Waals surface area contributed by atoms with Crippen molar-refractivity contribution in [3.05, 3.63) is 64.8 Å². The molecule has 136 valence electrons. The molecule has 3 rings (SSSR count). The van der Waals surface area contributed by atoms with Gasteiger partial charge in [0.25, 0.3) is 5.91 Å². The van der Waals surface area contributed by atoms with E-state index in [0.29, 0.717) is 11.3 Å². The average molecular weight is 354 g/mol. The van der Waals surface area contributed by atoms with Crippen LogP contribution < -0.4 is 10.1 Å². The quantitative estimate of drug-likeness (QED) is 0.735. The van der Waals surface area contributed by atoms with E-state index in [0.717, 1.165) is 17.0 Å². The number of carbonyl (C=O) groups is 1. The first-order valence-corrected chi connectivity index (χ1v) is 8.39. The minimum absolute atomic E-state index is 0.198. The summed E-state index contributed by atoms with van der Waals surface area (Å²) in [5, 5.41) is 11.1. The minimum atomic E-state index is -0.302. The number of ether oxygens (including phenoxy) is 1. The highest BCUT2D eigenvalue weighted by atomic mass is 16.5. The molecule has 2 heterocycles. The topological polar surface area (TPSA) is 82.2 Å². The van der Waals surface area contributed by atoms with Gasteiger partial charge in [0.2, 0.25) is 0 Å². The lowest BCUT2D eigenvalue weighted by Crippen LogP contribution is -2.28. The second-order valence-electron chi connectivity index (χ2n) is 6.17. The molecule has 7 heteroatoms. The second-order valence-corrected chi connectivity index (χ2v) is 6.17. The van der Waals surface area contributed by atoms with Crippen LogP contribution >= 0.6 is 0 Å². The molecule has 1 atom stereocenters. The zero-order valence-electron chi connectivity index (χ0n) is 15.3. The van der Waals surface area contributed by atoms with Crippen LogP contribution in [0.1, 0.15) is 46.0 Å². The smallest absolute Gasteiger partial charge is 0.274 e. The van der Waals surface area contributed by atoms with Crippen LogP contribution in [0.25, 0.3) is 0 Å². The highest BCUT2D eigenvalue weighted by molar-refractivity contribution is 5.94. The standard InChI is InChI=1S/C19H22N4O3/c1-12(16-10-20-23(4)13(16)2)21-19(24)18-17(14(3)26-22-18)11-25-15-8-6-5-7-9-15/h5-10,12H,11H2,1-4H3,(H,21,24). The Morgan fingerprint density at radius 2 is 2.04 bits per heavy atom. The molecule has 0 aliphatic heterocycles. The summed E-state index contributed by atoms with van der Waals surface area (Å²) in [6.07, 6.45) is 1.76. The van der Waals surface area contributed by atoms with E-state index in [1.165, 1.54) is 0 Å². The van der Waals surface area contributed by atoms with Crippen molar-refractivity contribution >= 4 is 5.91 Å². The first-order chi connectivity index (χ1) is 12.5. The molecule has 1 aromatic carbocycles. The molecule has 0 radical (unpaired) electrons. The van der Waals surface area contributed by atoms with E-state index in [1.807, 2.05) is 51.2 Å². The fourth-order valence-electron chi connectivity index (χ4n) is 2.70. The molecule has 0 spiro atoms. The lowest BCUT2D eigenvalue weighted by atomic mass is 10.1. The van der Waals surface area contributed by atoms with Crippen LogP contribution in [-0.4, -0.2) is 20.8 Å². The van der Waals surface area contributed by atoms with Gasteiger partial charge in [-0.05, 0) is 32.9 Å². The number of hydrogen-bond donors (Lipinski definition) is 1. The van der Waals surface area contributed by atoms with E-state index in [9.17, 15) is 4.79 Å². The summed E-state index contributed by atoms with van der Waals surface area (Å²) in [5.74, 6) is 0.986. The van der Waals surface area contributed by atoms with Crippen molar-refractivity contribution in [3.8, 4) is 5.75 Å². The van der Waals surface area contributed by atoms with Crippen LogP contribution in [0.3, 0.4) is 0 Å². The molecule has 0 bridgehead atoms. The first-order valence-electron chi connectivity index (χ1n) is 8.39. The van der Waals surface area contributed by atoms with Crippen molar-refractivity contribution in [1.29, 1.82) is 0 Å². The SMILES string of the molecule is Cc1onc(C(=O)NC(C)c2cnn(C)c2C)c1COc1ccccc1. The summed E-state index contributed by atoms with van der Waals surface area (Å²) in [6, 6.07) is 9.21. The highest BCUT2D eigenvalue weighted by Gasteiger charge is 2.23. The van der Waals surface area contributed by atoms with Crippen molar-refractivity contribution in [1.82, 2.24) is 20.3 Å². The van der Waals surface area contributed by atoms with Gasteiger partial charge in [-0.3, -0.25) is 9.48 Å². The fraction of sp³-hybridized carbons (Fsp3) is 0.316. The number of benzene rings is 1. The molecular weight excluding hydrogens is 332 g/mol. The Morgan fingerprint density at radius 1 is 1.31 bits per heavy atom. The molecule has 0 saturated heterocycles. The van der Waals surface area contributed by atoms with Gasteiger partial charge in [-0.15, -0.1) is 0 Å². The normalized spacial score (nSPS) is 12.0. The summed E-state index contributed by atoms with van der Waals surface area (Å²) in [7, 11) is 1.87. The minimum Gasteiger partial charge on any atom is -0.489 e. The third-order valence-electron chi connectivity index (χ3n) is 4.41. The summed E-state index contributed by atoms with van der Waals surface area (Å²) in [5.41, 5.74) is 2.85. The predicted octanol–water partition coefficient (Wildman–Crippen LogP) is 3.09. The average Bonchev–Trinajstić information content (AvgIpc) is 3.17. The van der Waals surface area contributed by atoms with Crippen LogP contribution in [0.4, 0.5) is 0 Å². The molecule has 0 aliphatic carbocycles. The second kappa shape index (κ2) is 7.43. The largest absolute Gasteiger partial charge is 0.489 e. The Labute approximate surface area is 151 Å². The molecule has 3 aromatic rings. The number of nitrogens with zero attached hydrogens (tertiary/aromatic N) is 3. The maximum atomic E-state index is 12.7. The number of rotatable bonds is 6. The predicted molar refractivity (Wildman–Crippen MR) is 95.8 cm³/mol. The van der Waals surface area contributed by atoms with Gasteiger partial charge in [-0.25, -0.2) is 0 Å². The lowest BCUT2D eigenvalue weighted by Gasteiger charge is -2.13. The van der Waals surface area contributed by atoms with E-state index in [1.54, 1.807) is 17.8 Å². The molecule has 0 fully saturated rings. The van der Waals surface area contributed by atoms with E-state index in [-0.39, 0.29) is 24.2 Å². The van der Waals surface area contributed by atoms with Gasteiger partial charge >= 0.3 is 0 Å². The molecule has 0 aliphatic rings. The van der Waals surface area contributed by atoms with Gasteiger partial charge in [-0.2, -0.15) is 5.10 Å². The van der Waals surface area contributed by atoms with E-state index in [2.05, 4.69) is 15.6 Å². The number of para-hydroxylation sites is 1. The van der Waals surface area contributed by atoms with Crippen LogP contribution in [0, 0.1) is 13.8 Å². The van der Waals surface area contributed by atoms with Crippen LogP contribution in [0.15, 0.2) is 41.1 Å². The zero-order valence-corrected chi connectivity index (χ0v) is 15.3. The van der Waals surface area contributed by atoms with E-state index >= 15 is 0 Å². The van der Waals surface area contributed by atoms with Crippen molar-refractivity contribution in [2.75, 3.05) is 0 Å². The third kappa shape index (κ3) is 3.61. The summed E-state index contributed by atoms with van der Waals surface area (Å²) in [6.45, 7) is 5.85. The lowest BCUT2D eigenvalue weighted by molar-refractivity contribution is 0.0928. The molecule has 7 nitrogen and oxygen atoms in total. The molecule has 1 N–H and O–H groups in total. The number of aryl methyl sites for hydroxylation is 2. The number of nitrogens with one attached hydrogen (secondary N) is 1. The molecule has 2 aromatic heterocycles. The maximum Gasteiger partial charge on any atom is 0.274 e. The van der Waals surface area contributed by atoms with Gasteiger partial charge in [0.05, 0.1) is 17.8 Å². The Morgan fingerprint density at radius 3 is 2.69 bits per heavy atom. The summed E-state index contributed by atoms with van der Waals surface area (Å²) < 4.78 is 12.7. The van der Waals surface area contributed by atoms with Crippen LogP contribution in [0.5, 0.6) is 5.75 Å². The number of aromatic nitrogens is 3. The Kier molecular flexibility index (Phi) is 5.06. The molecule has 0 saturated carbocycles. The maximum absolute atomic E-state index is 12.7. The van der Waals surface area contributed by atoms with E-state index in [4.69, 9.17) is 9.26 Å². The number of hydrogen-bond acceptors (Lipinski definition) is 5. The number of amides is 1. The molecular formula is C19H22N4O3. The Hall–Kier alpha value is -3.09. The van der Waals surface area contributed by atoms with Gasteiger partial charge in [-0.1, -0.05) is 23.4 Å².